The molecular formula is C27H14F6O8. The van der Waals surface area contributed by atoms with Crippen molar-refractivity contribution in [2.45, 2.75) is 17.8 Å². The maximum absolute atomic E-state index is 15.2. The van der Waals surface area contributed by atoms with E-state index in [1.165, 1.54) is 0 Å². The van der Waals surface area contributed by atoms with Gasteiger partial charge in [0.05, 0.1) is 22.3 Å². The van der Waals surface area contributed by atoms with E-state index < -0.39 is 96.6 Å². The molecule has 212 valence electrons. The summed E-state index contributed by atoms with van der Waals surface area (Å²) >= 11 is 0. The summed E-state index contributed by atoms with van der Waals surface area (Å²) in [5, 5.41) is 35.2. The highest BCUT2D eigenvalue weighted by Crippen LogP contribution is 2.59. The molecule has 0 aliphatic carbocycles. The Morgan fingerprint density at radius 3 is 1.02 bits per heavy atom. The summed E-state index contributed by atoms with van der Waals surface area (Å²) in [5.74, 6) is -8.19. The zero-order valence-corrected chi connectivity index (χ0v) is 20.0. The van der Waals surface area contributed by atoms with Crippen molar-refractivity contribution in [1.82, 2.24) is 0 Å². The molecule has 4 aromatic rings. The molecule has 0 aliphatic heterocycles. The summed E-state index contributed by atoms with van der Waals surface area (Å²) in [5.41, 5.74) is -13.6. The number of alkyl halides is 6. The molecule has 4 rings (SSSR count). The monoisotopic (exact) mass is 580 g/mol. The SMILES string of the molecule is O=C(O)c1cc(C(c2cc(C(=O)O)c(C(=O)O)c3ccccc23)(C(F)(F)F)C(F)(F)F)c2ccccc2c1C(=O)O. The Balaban J connectivity index is 2.44. The minimum absolute atomic E-state index is 0.0462. The lowest BCUT2D eigenvalue weighted by Gasteiger charge is -2.40. The van der Waals surface area contributed by atoms with Crippen LogP contribution in [0.3, 0.4) is 0 Å². The zero-order chi connectivity index (χ0) is 30.7. The van der Waals surface area contributed by atoms with E-state index in [9.17, 15) is 39.6 Å². The minimum atomic E-state index is -6.38. The predicted molar refractivity (Wildman–Crippen MR) is 129 cm³/mol. The van der Waals surface area contributed by atoms with E-state index in [2.05, 4.69) is 0 Å². The number of hydrogen-bond acceptors (Lipinski definition) is 4. The standard InChI is InChI=1S/C27H14F6O8/c28-26(29,30)25(27(31,32)33,17-9-15(21(34)35)19(23(38)39)13-7-3-1-5-11(13)17)18-10-16(22(36)37)20(24(40)41)14-8-4-2-6-12(14)18/h1-10H,(H,34,35)(H,36,37)(H,38,39)(H,40,41). The summed E-state index contributed by atoms with van der Waals surface area (Å²) < 4.78 is 91.4. The van der Waals surface area contributed by atoms with Crippen LogP contribution in [0.15, 0.2) is 60.7 Å². The van der Waals surface area contributed by atoms with Gasteiger partial charge in [0.2, 0.25) is 5.41 Å². The molecule has 0 aliphatic rings. The van der Waals surface area contributed by atoms with E-state index in [0.29, 0.717) is 0 Å². The minimum Gasteiger partial charge on any atom is -0.478 e. The number of halogens is 6. The molecule has 4 N–H and O–H groups in total. The fourth-order valence-corrected chi connectivity index (χ4v) is 5.09. The van der Waals surface area contributed by atoms with Crippen molar-refractivity contribution < 1.29 is 65.9 Å². The van der Waals surface area contributed by atoms with Crippen molar-refractivity contribution in [2.24, 2.45) is 0 Å². The largest absolute Gasteiger partial charge is 0.478 e. The molecule has 0 aromatic heterocycles. The molecule has 0 heterocycles. The van der Waals surface area contributed by atoms with Crippen LogP contribution in [0, 0.1) is 0 Å². The Morgan fingerprint density at radius 2 is 0.780 bits per heavy atom. The molecule has 4 aromatic carbocycles. The molecule has 0 atom stereocenters. The molecule has 0 spiro atoms. The third-order valence-corrected chi connectivity index (χ3v) is 6.64. The first-order valence-corrected chi connectivity index (χ1v) is 11.2. The highest BCUT2D eigenvalue weighted by molar-refractivity contribution is 6.15. The van der Waals surface area contributed by atoms with Gasteiger partial charge in [0.25, 0.3) is 0 Å². The summed E-state index contributed by atoms with van der Waals surface area (Å²) in [6.07, 6.45) is -12.8. The Bertz CT molecular complexity index is 1660. The summed E-state index contributed by atoms with van der Waals surface area (Å²) in [4.78, 5) is 47.8. The van der Waals surface area contributed by atoms with E-state index in [0.717, 1.165) is 48.5 Å². The molecule has 41 heavy (non-hydrogen) atoms. The van der Waals surface area contributed by atoms with Gasteiger partial charge < -0.3 is 20.4 Å². The second-order valence-corrected chi connectivity index (χ2v) is 8.75. The van der Waals surface area contributed by atoms with E-state index in [-0.39, 0.29) is 12.1 Å². The van der Waals surface area contributed by atoms with Crippen molar-refractivity contribution >= 4 is 45.4 Å². The highest BCUT2D eigenvalue weighted by atomic mass is 19.4. The van der Waals surface area contributed by atoms with Crippen molar-refractivity contribution in [2.75, 3.05) is 0 Å². The average Bonchev–Trinajstić information content (AvgIpc) is 2.86. The van der Waals surface area contributed by atoms with Gasteiger partial charge in [-0.1, -0.05) is 48.5 Å². The van der Waals surface area contributed by atoms with Crippen molar-refractivity contribution in [3.63, 3.8) is 0 Å². The van der Waals surface area contributed by atoms with Gasteiger partial charge in [-0.25, -0.2) is 19.2 Å². The average molecular weight is 580 g/mol. The van der Waals surface area contributed by atoms with Crippen molar-refractivity contribution in [3.05, 3.63) is 94.0 Å². The summed E-state index contributed by atoms with van der Waals surface area (Å²) in [6.45, 7) is 0. The lowest BCUT2D eigenvalue weighted by Crippen LogP contribution is -2.55. The molecule has 0 bridgehead atoms. The number of fused-ring (bicyclic) bond motifs is 2. The van der Waals surface area contributed by atoms with Gasteiger partial charge in [-0.15, -0.1) is 0 Å². The second kappa shape index (κ2) is 9.50. The van der Waals surface area contributed by atoms with Crippen LogP contribution in [0.5, 0.6) is 0 Å². The lowest BCUT2D eigenvalue weighted by atomic mass is 9.68. The van der Waals surface area contributed by atoms with Crippen LogP contribution in [0.2, 0.25) is 0 Å². The van der Waals surface area contributed by atoms with Gasteiger partial charge in [0.1, 0.15) is 0 Å². The molecule has 0 radical (unpaired) electrons. The topological polar surface area (TPSA) is 149 Å². The zero-order valence-electron chi connectivity index (χ0n) is 20.0. The number of aromatic carboxylic acids is 4. The Morgan fingerprint density at radius 1 is 0.488 bits per heavy atom. The quantitative estimate of drug-likeness (QED) is 0.197. The highest BCUT2D eigenvalue weighted by Gasteiger charge is 2.73. The first kappa shape index (κ1) is 28.9. The van der Waals surface area contributed by atoms with Crippen LogP contribution in [0.4, 0.5) is 26.3 Å². The first-order valence-electron chi connectivity index (χ1n) is 11.2. The van der Waals surface area contributed by atoms with Gasteiger partial charge in [-0.3, -0.25) is 0 Å². The van der Waals surface area contributed by atoms with Crippen molar-refractivity contribution in [1.29, 1.82) is 0 Å². The third-order valence-electron chi connectivity index (χ3n) is 6.64. The number of carboxylic acid groups (broad SMARTS) is 4. The molecule has 8 nitrogen and oxygen atoms in total. The van der Waals surface area contributed by atoms with E-state index >= 15 is 26.3 Å². The molecule has 0 unspecified atom stereocenters. The smallest absolute Gasteiger partial charge is 0.411 e. The normalized spacial score (nSPS) is 12.4. The van der Waals surface area contributed by atoms with Gasteiger partial charge in [-0.05, 0) is 44.8 Å². The predicted octanol–water partition coefficient (Wildman–Crippen LogP) is 6.20. The van der Waals surface area contributed by atoms with Crippen LogP contribution in [-0.4, -0.2) is 56.7 Å². The summed E-state index contributed by atoms with van der Waals surface area (Å²) in [6, 6.07) is 7.21. The molecule has 0 saturated carbocycles. The molecule has 14 heteroatoms. The lowest BCUT2D eigenvalue weighted by molar-refractivity contribution is -0.287. The number of hydrogen-bond donors (Lipinski definition) is 4. The van der Waals surface area contributed by atoms with Crippen LogP contribution < -0.4 is 0 Å². The Hall–Kier alpha value is -5.14. The van der Waals surface area contributed by atoms with Crippen LogP contribution in [0.1, 0.15) is 52.6 Å². The number of carboxylic acids is 4. The van der Waals surface area contributed by atoms with Crippen LogP contribution in [-0.2, 0) is 5.41 Å². The Labute approximate surface area is 223 Å². The van der Waals surface area contributed by atoms with Gasteiger partial charge in [0.15, 0.2) is 0 Å². The Kier molecular flexibility index (Phi) is 6.69. The van der Waals surface area contributed by atoms with Gasteiger partial charge >= 0.3 is 36.2 Å². The van der Waals surface area contributed by atoms with E-state index in [1.807, 2.05) is 0 Å². The fourth-order valence-electron chi connectivity index (χ4n) is 5.09. The maximum Gasteiger partial charge on any atom is 0.411 e. The molecular weight excluding hydrogens is 566 g/mol. The van der Waals surface area contributed by atoms with Gasteiger partial charge in [0, 0.05) is 0 Å². The van der Waals surface area contributed by atoms with Crippen LogP contribution >= 0.6 is 0 Å². The van der Waals surface area contributed by atoms with Gasteiger partial charge in [-0.2, -0.15) is 26.3 Å². The number of rotatable bonds is 6. The third kappa shape index (κ3) is 4.18. The first-order chi connectivity index (χ1) is 19.0. The summed E-state index contributed by atoms with van der Waals surface area (Å²) in [7, 11) is 0. The van der Waals surface area contributed by atoms with E-state index in [4.69, 9.17) is 0 Å². The maximum atomic E-state index is 15.2. The number of carbonyl (C=O) groups is 4. The molecule has 0 amide bonds. The second-order valence-electron chi connectivity index (χ2n) is 8.75. The van der Waals surface area contributed by atoms with Crippen LogP contribution in [0.25, 0.3) is 21.5 Å². The molecule has 0 fully saturated rings. The fraction of sp³-hybridized carbons (Fsp3) is 0.111. The van der Waals surface area contributed by atoms with Crippen molar-refractivity contribution in [3.8, 4) is 0 Å². The van der Waals surface area contributed by atoms with E-state index in [1.54, 1.807) is 0 Å². The number of benzene rings is 4. The molecule has 0 saturated heterocycles.